The molecule has 9 heteroatoms. The summed E-state index contributed by atoms with van der Waals surface area (Å²) in [7, 11) is -3.72. The van der Waals surface area contributed by atoms with Crippen LogP contribution in [0.25, 0.3) is 0 Å². The van der Waals surface area contributed by atoms with Crippen molar-refractivity contribution in [2.75, 3.05) is 4.72 Å². The van der Waals surface area contributed by atoms with Gasteiger partial charge < -0.3 is 0 Å². The fourth-order valence-corrected chi connectivity index (χ4v) is 3.80. The summed E-state index contributed by atoms with van der Waals surface area (Å²) in [5, 5.41) is 0. The number of carbonyl (C=O) groups is 2. The highest BCUT2D eigenvalue weighted by Crippen LogP contribution is 2.26. The van der Waals surface area contributed by atoms with Crippen molar-refractivity contribution in [3.8, 4) is 0 Å². The van der Waals surface area contributed by atoms with Crippen LogP contribution in [0.3, 0.4) is 0 Å². The number of hydrogen-bond donors (Lipinski definition) is 3. The first-order valence-corrected chi connectivity index (χ1v) is 10.6. The first kappa shape index (κ1) is 19.4. The number of amides is 2. The van der Waals surface area contributed by atoms with Crippen LogP contribution in [0.1, 0.15) is 29.6 Å². The van der Waals surface area contributed by atoms with Crippen LogP contribution in [0.2, 0.25) is 0 Å². The molecule has 2 amide bonds. The number of sulfonamides is 1. The normalized spacial score (nSPS) is 14.1. The Morgan fingerprint density at radius 1 is 0.926 bits per heavy atom. The molecule has 0 aliphatic heterocycles. The molecule has 2 aromatic carbocycles. The number of hydrazine groups is 1. The molecule has 1 saturated carbocycles. The van der Waals surface area contributed by atoms with Crippen LogP contribution >= 0.6 is 15.9 Å². The summed E-state index contributed by atoms with van der Waals surface area (Å²) in [5.41, 5.74) is 5.40. The topological polar surface area (TPSA) is 104 Å². The highest BCUT2D eigenvalue weighted by Gasteiger charge is 2.25. The molecule has 0 saturated heterocycles. The third-order valence-electron chi connectivity index (χ3n) is 4.30. The van der Waals surface area contributed by atoms with Gasteiger partial charge in [0.15, 0.2) is 0 Å². The molecule has 0 atom stereocenters. The predicted octanol–water partition coefficient (Wildman–Crippen LogP) is 2.81. The van der Waals surface area contributed by atoms with Gasteiger partial charge in [0.1, 0.15) is 0 Å². The van der Waals surface area contributed by atoms with E-state index in [9.17, 15) is 18.0 Å². The predicted molar refractivity (Wildman–Crippen MR) is 104 cm³/mol. The van der Waals surface area contributed by atoms with E-state index >= 15 is 0 Å². The Bertz CT molecular complexity index is 940. The smallest absolute Gasteiger partial charge is 0.269 e. The monoisotopic (exact) mass is 451 g/mol. The molecule has 1 fully saturated rings. The Hall–Kier alpha value is -2.39. The molecule has 2 aromatic rings. The number of carbonyl (C=O) groups excluding carboxylic acids is 2. The van der Waals surface area contributed by atoms with E-state index in [1.54, 1.807) is 12.1 Å². The molecule has 3 N–H and O–H groups in total. The standard InChI is InChI=1S/C18H18BrN3O4S/c19-14-6-10-16(11-7-14)27(25,26)22-15-8-4-13(5-9-15)18(24)21-20-17(23)12-2-1-3-12/h4-12,22H,1-3H2,(H,20,23)(H,21,24). The number of anilines is 1. The minimum absolute atomic E-state index is 0.0271. The molecule has 0 spiro atoms. The Labute approximate surface area is 165 Å². The van der Waals surface area contributed by atoms with Crippen molar-refractivity contribution in [2.24, 2.45) is 5.92 Å². The maximum absolute atomic E-state index is 12.4. The van der Waals surface area contributed by atoms with Crippen LogP contribution in [0.15, 0.2) is 57.9 Å². The lowest BCUT2D eigenvalue weighted by Gasteiger charge is -2.23. The first-order valence-electron chi connectivity index (χ1n) is 8.34. The molecule has 0 aromatic heterocycles. The van der Waals surface area contributed by atoms with Gasteiger partial charge in [-0.1, -0.05) is 22.4 Å². The molecule has 3 rings (SSSR count). The van der Waals surface area contributed by atoms with Crippen LogP contribution in [0.4, 0.5) is 5.69 Å². The third-order valence-corrected chi connectivity index (χ3v) is 6.22. The Kier molecular flexibility index (Phi) is 5.81. The van der Waals surface area contributed by atoms with Gasteiger partial charge in [0.2, 0.25) is 5.91 Å². The van der Waals surface area contributed by atoms with Crippen molar-refractivity contribution in [1.29, 1.82) is 0 Å². The molecule has 1 aliphatic carbocycles. The maximum atomic E-state index is 12.4. The fourth-order valence-electron chi connectivity index (χ4n) is 2.48. The van der Waals surface area contributed by atoms with Crippen molar-refractivity contribution < 1.29 is 18.0 Å². The molecule has 0 heterocycles. The van der Waals surface area contributed by atoms with Gasteiger partial charge in [-0.2, -0.15) is 0 Å². The number of halogens is 1. The number of rotatable bonds is 5. The largest absolute Gasteiger partial charge is 0.280 e. The molecular weight excluding hydrogens is 434 g/mol. The fraction of sp³-hybridized carbons (Fsp3) is 0.222. The zero-order chi connectivity index (χ0) is 19.4. The van der Waals surface area contributed by atoms with Gasteiger partial charge in [-0.25, -0.2) is 8.42 Å². The summed E-state index contributed by atoms with van der Waals surface area (Å²) in [6.45, 7) is 0. The lowest BCUT2D eigenvalue weighted by atomic mass is 9.85. The van der Waals surface area contributed by atoms with Gasteiger partial charge >= 0.3 is 0 Å². The summed E-state index contributed by atoms with van der Waals surface area (Å²) in [4.78, 5) is 23.9. The lowest BCUT2D eigenvalue weighted by molar-refractivity contribution is -0.128. The second-order valence-corrected chi connectivity index (χ2v) is 8.81. The van der Waals surface area contributed by atoms with Crippen molar-refractivity contribution in [3.63, 3.8) is 0 Å². The Balaban J connectivity index is 1.60. The van der Waals surface area contributed by atoms with E-state index in [0.717, 1.165) is 23.7 Å². The summed E-state index contributed by atoms with van der Waals surface area (Å²) in [6, 6.07) is 12.2. The zero-order valence-corrected chi connectivity index (χ0v) is 16.6. The van der Waals surface area contributed by atoms with Gasteiger partial charge in [0.25, 0.3) is 15.9 Å². The van der Waals surface area contributed by atoms with Crippen LogP contribution in [0.5, 0.6) is 0 Å². The van der Waals surface area contributed by atoms with Gasteiger partial charge in [-0.3, -0.25) is 25.2 Å². The summed E-state index contributed by atoms with van der Waals surface area (Å²) < 4.78 is 27.9. The quantitative estimate of drug-likeness (QED) is 0.607. The maximum Gasteiger partial charge on any atom is 0.269 e. The Morgan fingerprint density at radius 2 is 1.56 bits per heavy atom. The number of nitrogens with one attached hydrogen (secondary N) is 3. The van der Waals surface area contributed by atoms with Gasteiger partial charge in [0.05, 0.1) is 4.90 Å². The lowest BCUT2D eigenvalue weighted by Crippen LogP contribution is -2.46. The van der Waals surface area contributed by atoms with E-state index in [-0.39, 0.29) is 16.7 Å². The summed E-state index contributed by atoms with van der Waals surface area (Å²) >= 11 is 3.26. The average Bonchev–Trinajstić information content (AvgIpc) is 2.59. The van der Waals surface area contributed by atoms with Crippen LogP contribution in [0, 0.1) is 5.92 Å². The molecule has 0 bridgehead atoms. The molecule has 0 unspecified atom stereocenters. The minimum Gasteiger partial charge on any atom is -0.280 e. The average molecular weight is 452 g/mol. The third kappa shape index (κ3) is 4.86. The number of benzene rings is 2. The minimum atomic E-state index is -3.72. The SMILES string of the molecule is O=C(NNC(=O)C1CCC1)c1ccc(NS(=O)(=O)c2ccc(Br)cc2)cc1. The van der Waals surface area contributed by atoms with E-state index in [2.05, 4.69) is 31.5 Å². The highest BCUT2D eigenvalue weighted by atomic mass is 79.9. The molecule has 1 aliphatic rings. The molecule has 7 nitrogen and oxygen atoms in total. The van der Waals surface area contributed by atoms with Crippen molar-refractivity contribution in [2.45, 2.75) is 24.2 Å². The van der Waals surface area contributed by atoms with E-state index in [4.69, 9.17) is 0 Å². The zero-order valence-electron chi connectivity index (χ0n) is 14.2. The van der Waals surface area contributed by atoms with E-state index < -0.39 is 15.9 Å². The summed E-state index contributed by atoms with van der Waals surface area (Å²) in [5.74, 6) is -0.681. The van der Waals surface area contributed by atoms with Crippen LogP contribution < -0.4 is 15.6 Å². The van der Waals surface area contributed by atoms with Crippen molar-refractivity contribution in [1.82, 2.24) is 10.9 Å². The molecule has 27 heavy (non-hydrogen) atoms. The first-order chi connectivity index (χ1) is 12.8. The van der Waals surface area contributed by atoms with E-state index in [0.29, 0.717) is 11.3 Å². The van der Waals surface area contributed by atoms with Gasteiger partial charge in [0, 0.05) is 21.6 Å². The Morgan fingerprint density at radius 3 is 2.11 bits per heavy atom. The molecular formula is C18H18BrN3O4S. The van der Waals surface area contributed by atoms with Crippen LogP contribution in [-0.4, -0.2) is 20.2 Å². The summed E-state index contributed by atoms with van der Waals surface area (Å²) in [6.07, 6.45) is 2.72. The van der Waals surface area contributed by atoms with Gasteiger partial charge in [-0.15, -0.1) is 0 Å². The van der Waals surface area contributed by atoms with Crippen LogP contribution in [-0.2, 0) is 14.8 Å². The van der Waals surface area contributed by atoms with E-state index in [1.165, 1.54) is 36.4 Å². The highest BCUT2D eigenvalue weighted by molar-refractivity contribution is 9.10. The number of hydrogen-bond acceptors (Lipinski definition) is 4. The second-order valence-electron chi connectivity index (χ2n) is 6.21. The molecule has 0 radical (unpaired) electrons. The van der Waals surface area contributed by atoms with Gasteiger partial charge in [-0.05, 0) is 61.4 Å². The second kappa shape index (κ2) is 8.10. The van der Waals surface area contributed by atoms with E-state index in [1.807, 2.05) is 0 Å². The van der Waals surface area contributed by atoms with Crippen molar-refractivity contribution in [3.05, 3.63) is 58.6 Å². The van der Waals surface area contributed by atoms with Crippen molar-refractivity contribution >= 4 is 43.5 Å². The molecule has 142 valence electrons.